The van der Waals surface area contributed by atoms with Gasteiger partial charge in [0.15, 0.2) is 5.75 Å². The molecule has 1 aliphatic rings. The van der Waals surface area contributed by atoms with E-state index in [0.29, 0.717) is 11.4 Å². The van der Waals surface area contributed by atoms with Gasteiger partial charge < -0.3 is 39.5 Å². The number of halogens is 2. The van der Waals surface area contributed by atoms with Gasteiger partial charge in [0, 0.05) is 32.2 Å². The first-order valence-corrected chi connectivity index (χ1v) is 9.21. The van der Waals surface area contributed by atoms with Crippen molar-refractivity contribution in [3.63, 3.8) is 0 Å². The van der Waals surface area contributed by atoms with Crippen LogP contribution >= 0.6 is 0 Å². The van der Waals surface area contributed by atoms with E-state index in [1.807, 2.05) is 11.9 Å². The molecule has 1 aromatic rings. The zero-order chi connectivity index (χ0) is 22.4. The third-order valence-electron chi connectivity index (χ3n) is 4.84. The van der Waals surface area contributed by atoms with Crippen molar-refractivity contribution in [2.45, 2.75) is 45.5 Å². The van der Waals surface area contributed by atoms with E-state index in [1.54, 1.807) is 39.8 Å². The Morgan fingerprint density at radius 1 is 1.03 bits per heavy atom. The van der Waals surface area contributed by atoms with Crippen LogP contribution in [0.5, 0.6) is 11.5 Å². The van der Waals surface area contributed by atoms with Crippen molar-refractivity contribution in [3.05, 3.63) is 18.2 Å². The lowest BCUT2D eigenvalue weighted by Gasteiger charge is -2.38. The summed E-state index contributed by atoms with van der Waals surface area (Å²) in [4.78, 5) is 4.22. The summed E-state index contributed by atoms with van der Waals surface area (Å²) in [6, 6.07) is 4.92. The summed E-state index contributed by atoms with van der Waals surface area (Å²) in [5.74, 6) is 0.462. The first-order chi connectivity index (χ1) is 13.2. The van der Waals surface area contributed by atoms with Crippen molar-refractivity contribution in [2.24, 2.45) is 0 Å². The Kier molecular flexibility index (Phi) is 9.10. The number of ether oxygens (including phenoxy) is 2. The maximum Gasteiger partial charge on any atom is 0.631 e. The first-order valence-electron chi connectivity index (χ1n) is 9.21. The average molecular weight is 420 g/mol. The zero-order valence-corrected chi connectivity index (χ0v) is 17.5. The molecule has 29 heavy (non-hydrogen) atoms. The lowest BCUT2D eigenvalue weighted by atomic mass is 9.89. The SMILES string of the molecule is CN1CCN(c2ccc(OC(C)(C)C(C)(C)O)cc2OC(F)F)CC1.OB(O)O. The molecule has 0 saturated carbocycles. The predicted octanol–water partition coefficient (Wildman–Crippen LogP) is 0.916. The molecule has 0 unspecified atom stereocenters. The van der Waals surface area contributed by atoms with Gasteiger partial charge in [-0.3, -0.25) is 0 Å². The van der Waals surface area contributed by atoms with Gasteiger partial charge in [0.05, 0.1) is 11.3 Å². The summed E-state index contributed by atoms with van der Waals surface area (Å²) in [6.45, 7) is 7.06. The minimum absolute atomic E-state index is 0.0867. The molecule has 1 fully saturated rings. The van der Waals surface area contributed by atoms with Crippen LogP contribution in [0, 0.1) is 0 Å². The Morgan fingerprint density at radius 2 is 1.55 bits per heavy atom. The van der Waals surface area contributed by atoms with Crippen LogP contribution in [-0.4, -0.2) is 83.4 Å². The van der Waals surface area contributed by atoms with Crippen molar-refractivity contribution in [1.82, 2.24) is 4.90 Å². The van der Waals surface area contributed by atoms with E-state index in [1.165, 1.54) is 6.07 Å². The summed E-state index contributed by atoms with van der Waals surface area (Å²) >= 11 is 0. The molecule has 1 aliphatic heterocycles. The smallest absolute Gasteiger partial charge is 0.485 e. The molecular weight excluding hydrogens is 389 g/mol. The molecule has 0 amide bonds. The molecule has 0 atom stereocenters. The van der Waals surface area contributed by atoms with Crippen molar-refractivity contribution in [3.8, 4) is 11.5 Å². The fourth-order valence-electron chi connectivity index (χ4n) is 2.48. The summed E-state index contributed by atoms with van der Waals surface area (Å²) in [6.07, 6.45) is 0. The Balaban J connectivity index is 0.000000960. The maximum absolute atomic E-state index is 12.9. The fraction of sp³-hybridized carbons (Fsp3) is 0.667. The highest BCUT2D eigenvalue weighted by molar-refractivity contribution is 6.30. The van der Waals surface area contributed by atoms with Crippen LogP contribution in [0.2, 0.25) is 0 Å². The van der Waals surface area contributed by atoms with Crippen molar-refractivity contribution >= 4 is 13.0 Å². The van der Waals surface area contributed by atoms with E-state index < -0.39 is 25.1 Å². The summed E-state index contributed by atoms with van der Waals surface area (Å²) in [7, 11) is -0.135. The molecule has 0 spiro atoms. The predicted molar refractivity (Wildman–Crippen MR) is 106 cm³/mol. The second-order valence-corrected chi connectivity index (χ2v) is 7.82. The van der Waals surface area contributed by atoms with Crippen LogP contribution in [0.15, 0.2) is 18.2 Å². The minimum Gasteiger partial charge on any atom is -0.485 e. The number of hydrogen-bond donors (Lipinski definition) is 4. The molecule has 1 heterocycles. The summed E-state index contributed by atoms with van der Waals surface area (Å²) in [5, 5.41) is 31.7. The molecule has 0 radical (unpaired) electrons. The van der Waals surface area contributed by atoms with Gasteiger partial charge >= 0.3 is 13.9 Å². The fourth-order valence-corrected chi connectivity index (χ4v) is 2.48. The number of likely N-dealkylation sites (N-methyl/N-ethyl adjacent to an activating group) is 1. The topological polar surface area (TPSA) is 106 Å². The maximum atomic E-state index is 12.9. The highest BCUT2D eigenvalue weighted by Crippen LogP contribution is 2.36. The highest BCUT2D eigenvalue weighted by atomic mass is 19.3. The number of nitrogens with zero attached hydrogens (tertiary/aromatic N) is 2. The molecule has 0 aromatic heterocycles. The molecule has 0 bridgehead atoms. The standard InChI is InChI=1S/C18H28F2N2O3.BH3O3/c1-17(2,23)18(3,4)25-13-6-7-14(15(12-13)24-16(19)20)22-10-8-21(5)9-11-22;2-1(3)4/h6-7,12,16,23H,8-11H2,1-5H3;2-4H. The van der Waals surface area contributed by atoms with Gasteiger partial charge in [0.25, 0.3) is 0 Å². The van der Waals surface area contributed by atoms with Gasteiger partial charge in [-0.05, 0) is 46.9 Å². The van der Waals surface area contributed by atoms with Gasteiger partial charge in [-0.2, -0.15) is 8.78 Å². The second-order valence-electron chi connectivity index (χ2n) is 7.82. The van der Waals surface area contributed by atoms with Gasteiger partial charge in [-0.25, -0.2) is 0 Å². The molecule has 0 aliphatic carbocycles. The first kappa shape index (κ1) is 25.4. The monoisotopic (exact) mass is 420 g/mol. The molecule has 11 heteroatoms. The molecule has 1 aromatic carbocycles. The van der Waals surface area contributed by atoms with Gasteiger partial charge in [-0.1, -0.05) is 0 Å². The summed E-state index contributed by atoms with van der Waals surface area (Å²) < 4.78 is 36.3. The number of hydrogen-bond acceptors (Lipinski definition) is 8. The Morgan fingerprint density at radius 3 is 2.00 bits per heavy atom. The molecule has 1 saturated heterocycles. The second kappa shape index (κ2) is 10.4. The van der Waals surface area contributed by atoms with Crippen LogP contribution in [0.3, 0.4) is 0 Å². The molecule has 8 nitrogen and oxygen atoms in total. The lowest BCUT2D eigenvalue weighted by molar-refractivity contribution is -0.0910. The third-order valence-corrected chi connectivity index (χ3v) is 4.84. The van der Waals surface area contributed by atoms with Crippen LogP contribution in [0.4, 0.5) is 14.5 Å². The van der Waals surface area contributed by atoms with Crippen LogP contribution in [0.25, 0.3) is 0 Å². The molecule has 4 N–H and O–H groups in total. The van der Waals surface area contributed by atoms with Gasteiger partial charge in [-0.15, -0.1) is 0 Å². The van der Waals surface area contributed by atoms with Crippen LogP contribution < -0.4 is 14.4 Å². The van der Waals surface area contributed by atoms with Crippen molar-refractivity contribution in [2.75, 3.05) is 38.1 Å². The average Bonchev–Trinajstić information content (AvgIpc) is 2.53. The van der Waals surface area contributed by atoms with E-state index in [4.69, 9.17) is 24.5 Å². The molecule has 166 valence electrons. The van der Waals surface area contributed by atoms with E-state index in [-0.39, 0.29) is 5.75 Å². The number of piperazine rings is 1. The van der Waals surface area contributed by atoms with Gasteiger partial charge in [0.1, 0.15) is 11.4 Å². The summed E-state index contributed by atoms with van der Waals surface area (Å²) in [5.41, 5.74) is -1.38. The number of alkyl halides is 2. The normalized spacial score (nSPS) is 15.7. The zero-order valence-electron chi connectivity index (χ0n) is 17.5. The molecular formula is C18H31BF2N2O6. The number of anilines is 1. The number of benzene rings is 1. The highest BCUT2D eigenvalue weighted by Gasteiger charge is 2.37. The Hall–Kier alpha value is -1.66. The van der Waals surface area contributed by atoms with Gasteiger partial charge in [0.2, 0.25) is 0 Å². The van der Waals surface area contributed by atoms with Crippen LogP contribution in [-0.2, 0) is 0 Å². The van der Waals surface area contributed by atoms with Crippen molar-refractivity contribution < 1.29 is 38.4 Å². The number of aliphatic hydroxyl groups is 1. The third kappa shape index (κ3) is 8.31. The van der Waals surface area contributed by atoms with E-state index in [0.717, 1.165) is 26.2 Å². The Labute approximate surface area is 170 Å². The van der Waals surface area contributed by atoms with Crippen molar-refractivity contribution in [1.29, 1.82) is 0 Å². The minimum atomic E-state index is -2.91. The van der Waals surface area contributed by atoms with E-state index in [9.17, 15) is 13.9 Å². The quantitative estimate of drug-likeness (QED) is 0.504. The largest absolute Gasteiger partial charge is 0.631 e. The number of rotatable bonds is 6. The molecule has 2 rings (SSSR count). The lowest BCUT2D eigenvalue weighted by Crippen LogP contribution is -2.49. The van der Waals surface area contributed by atoms with E-state index >= 15 is 0 Å². The van der Waals surface area contributed by atoms with E-state index in [2.05, 4.69) is 4.90 Å². The Bertz CT molecular complexity index is 633. The van der Waals surface area contributed by atoms with Crippen LogP contribution in [0.1, 0.15) is 27.7 Å².